The lowest BCUT2D eigenvalue weighted by molar-refractivity contribution is 0.114. The first-order valence-electron chi connectivity index (χ1n) is 6.57. The van der Waals surface area contributed by atoms with Crippen molar-refractivity contribution in [2.75, 3.05) is 13.2 Å². The first kappa shape index (κ1) is 13.1. The van der Waals surface area contributed by atoms with Crippen LogP contribution in [0.2, 0.25) is 0 Å². The van der Waals surface area contributed by atoms with Crippen molar-refractivity contribution in [3.63, 3.8) is 0 Å². The highest BCUT2D eigenvalue weighted by Gasteiger charge is 2.14. The van der Waals surface area contributed by atoms with Crippen LogP contribution in [-0.4, -0.2) is 30.4 Å². The van der Waals surface area contributed by atoms with Crippen molar-refractivity contribution in [3.8, 4) is 0 Å². The summed E-state index contributed by atoms with van der Waals surface area (Å²) in [6.45, 7) is 0.944. The van der Waals surface area contributed by atoms with Crippen LogP contribution in [0.1, 0.15) is 18.4 Å². The van der Waals surface area contributed by atoms with Crippen molar-refractivity contribution in [2.24, 2.45) is 0 Å². The van der Waals surface area contributed by atoms with Gasteiger partial charge in [-0.15, -0.1) is 0 Å². The van der Waals surface area contributed by atoms with Gasteiger partial charge in [0.1, 0.15) is 6.10 Å². The minimum absolute atomic E-state index is 0.0990. The van der Waals surface area contributed by atoms with Gasteiger partial charge in [0.2, 0.25) is 0 Å². The van der Waals surface area contributed by atoms with Crippen LogP contribution in [0, 0.1) is 0 Å². The minimum atomic E-state index is 0.0990. The molecule has 0 saturated carbocycles. The molecule has 0 bridgehead atoms. The Bertz CT molecular complexity index is 364. The number of rotatable bonds is 6. The van der Waals surface area contributed by atoms with Crippen LogP contribution in [0.25, 0.3) is 0 Å². The summed E-state index contributed by atoms with van der Waals surface area (Å²) in [5.74, 6) is 0. The molecule has 2 N–H and O–H groups in total. The molecule has 3 heteroatoms. The molecule has 1 heterocycles. The van der Waals surface area contributed by atoms with E-state index in [0.717, 1.165) is 25.8 Å². The van der Waals surface area contributed by atoms with Crippen molar-refractivity contribution in [2.45, 2.75) is 31.4 Å². The molecule has 0 aromatic heterocycles. The first-order valence-corrected chi connectivity index (χ1v) is 6.57. The van der Waals surface area contributed by atoms with E-state index in [1.165, 1.54) is 5.56 Å². The summed E-state index contributed by atoms with van der Waals surface area (Å²) >= 11 is 0. The summed E-state index contributed by atoms with van der Waals surface area (Å²) in [6.07, 6.45) is 7.03. The fourth-order valence-electron chi connectivity index (χ4n) is 2.13. The molecule has 2 atom stereocenters. The van der Waals surface area contributed by atoms with Gasteiger partial charge in [0.15, 0.2) is 0 Å². The molecular weight excluding hydrogens is 226 g/mol. The highest BCUT2D eigenvalue weighted by Crippen LogP contribution is 2.10. The normalized spacial score (nSPS) is 20.4. The van der Waals surface area contributed by atoms with Crippen molar-refractivity contribution < 1.29 is 9.84 Å². The van der Waals surface area contributed by atoms with E-state index in [-0.39, 0.29) is 18.8 Å². The van der Waals surface area contributed by atoms with Gasteiger partial charge >= 0.3 is 0 Å². The zero-order valence-corrected chi connectivity index (χ0v) is 10.6. The SMILES string of the molecule is OC[C@H](Cc1ccccc1)NCC1CCC=CO1. The van der Waals surface area contributed by atoms with Gasteiger partial charge in [-0.1, -0.05) is 30.3 Å². The molecule has 1 aromatic rings. The molecule has 1 aromatic carbocycles. The lowest BCUT2D eigenvalue weighted by Crippen LogP contribution is -2.40. The summed E-state index contributed by atoms with van der Waals surface area (Å²) in [6, 6.07) is 10.3. The topological polar surface area (TPSA) is 41.5 Å². The van der Waals surface area contributed by atoms with E-state index in [1.54, 1.807) is 6.26 Å². The Morgan fingerprint density at radius 3 is 2.83 bits per heavy atom. The van der Waals surface area contributed by atoms with Gasteiger partial charge in [-0.25, -0.2) is 0 Å². The van der Waals surface area contributed by atoms with Crippen molar-refractivity contribution in [3.05, 3.63) is 48.2 Å². The van der Waals surface area contributed by atoms with Crippen molar-refractivity contribution in [1.29, 1.82) is 0 Å². The number of benzene rings is 1. The molecule has 0 amide bonds. The number of aliphatic hydroxyl groups excluding tert-OH is 1. The Hall–Kier alpha value is -1.32. The zero-order chi connectivity index (χ0) is 12.6. The van der Waals surface area contributed by atoms with E-state index in [4.69, 9.17) is 4.74 Å². The van der Waals surface area contributed by atoms with Gasteiger partial charge in [0.25, 0.3) is 0 Å². The second kappa shape index (κ2) is 7.19. The van der Waals surface area contributed by atoms with Crippen LogP contribution in [-0.2, 0) is 11.2 Å². The first-order chi connectivity index (χ1) is 8.88. The van der Waals surface area contributed by atoms with Crippen LogP contribution >= 0.6 is 0 Å². The average molecular weight is 247 g/mol. The molecule has 0 spiro atoms. The molecule has 98 valence electrons. The maximum absolute atomic E-state index is 9.40. The number of allylic oxidation sites excluding steroid dienone is 1. The molecular formula is C15H21NO2. The molecule has 0 radical (unpaired) electrons. The predicted molar refractivity (Wildman–Crippen MR) is 72.3 cm³/mol. The molecule has 1 unspecified atom stereocenters. The summed E-state index contributed by atoms with van der Waals surface area (Å²) in [4.78, 5) is 0. The highest BCUT2D eigenvalue weighted by molar-refractivity contribution is 5.15. The number of nitrogens with one attached hydrogen (secondary N) is 1. The Labute approximate surface area is 108 Å². The van der Waals surface area contributed by atoms with Gasteiger partial charge in [-0.05, 0) is 30.9 Å². The largest absolute Gasteiger partial charge is 0.497 e. The van der Waals surface area contributed by atoms with E-state index in [0.29, 0.717) is 0 Å². The Balaban J connectivity index is 1.77. The zero-order valence-electron chi connectivity index (χ0n) is 10.6. The predicted octanol–water partition coefficient (Wildman–Crippen LogP) is 1.87. The lowest BCUT2D eigenvalue weighted by atomic mass is 10.1. The number of hydrogen-bond donors (Lipinski definition) is 2. The standard InChI is InChI=1S/C15H21NO2/c17-12-14(10-13-6-2-1-3-7-13)16-11-15-8-4-5-9-18-15/h1-3,5-7,9,14-17H,4,8,10-12H2/t14-,15?/m0/s1. The number of hydrogen-bond acceptors (Lipinski definition) is 3. The maximum Gasteiger partial charge on any atom is 0.110 e. The van der Waals surface area contributed by atoms with Gasteiger partial charge in [0, 0.05) is 12.6 Å². The summed E-state index contributed by atoms with van der Waals surface area (Å²) in [5, 5.41) is 12.8. The molecule has 1 aliphatic rings. The monoisotopic (exact) mass is 247 g/mol. The van der Waals surface area contributed by atoms with Crippen LogP contribution in [0.5, 0.6) is 0 Å². The maximum atomic E-state index is 9.40. The van der Waals surface area contributed by atoms with Gasteiger partial charge < -0.3 is 15.2 Å². The average Bonchev–Trinajstić information content (AvgIpc) is 2.45. The molecule has 0 aliphatic carbocycles. The van der Waals surface area contributed by atoms with E-state index >= 15 is 0 Å². The van der Waals surface area contributed by atoms with Crippen LogP contribution < -0.4 is 5.32 Å². The summed E-state index contributed by atoms with van der Waals surface area (Å²) in [7, 11) is 0. The minimum Gasteiger partial charge on any atom is -0.497 e. The van der Waals surface area contributed by atoms with E-state index < -0.39 is 0 Å². The summed E-state index contributed by atoms with van der Waals surface area (Å²) in [5.41, 5.74) is 1.24. The van der Waals surface area contributed by atoms with Gasteiger partial charge in [-0.3, -0.25) is 0 Å². The van der Waals surface area contributed by atoms with Crippen molar-refractivity contribution >= 4 is 0 Å². The van der Waals surface area contributed by atoms with Crippen LogP contribution in [0.3, 0.4) is 0 Å². The fourth-order valence-corrected chi connectivity index (χ4v) is 2.13. The van der Waals surface area contributed by atoms with Gasteiger partial charge in [0.05, 0.1) is 12.9 Å². The Morgan fingerprint density at radius 1 is 1.33 bits per heavy atom. The summed E-state index contributed by atoms with van der Waals surface area (Å²) < 4.78 is 5.50. The Morgan fingerprint density at radius 2 is 2.17 bits per heavy atom. The third-order valence-electron chi connectivity index (χ3n) is 3.20. The molecule has 0 saturated heterocycles. The second-order valence-electron chi connectivity index (χ2n) is 4.68. The highest BCUT2D eigenvalue weighted by atomic mass is 16.5. The smallest absolute Gasteiger partial charge is 0.110 e. The second-order valence-corrected chi connectivity index (χ2v) is 4.68. The third-order valence-corrected chi connectivity index (χ3v) is 3.20. The number of aliphatic hydroxyl groups is 1. The van der Waals surface area contributed by atoms with Gasteiger partial charge in [-0.2, -0.15) is 0 Å². The van der Waals surface area contributed by atoms with E-state index in [1.807, 2.05) is 24.3 Å². The molecule has 2 rings (SSSR count). The molecule has 18 heavy (non-hydrogen) atoms. The van der Waals surface area contributed by atoms with Crippen LogP contribution in [0.4, 0.5) is 0 Å². The van der Waals surface area contributed by atoms with E-state index in [9.17, 15) is 5.11 Å². The fraction of sp³-hybridized carbons (Fsp3) is 0.467. The lowest BCUT2D eigenvalue weighted by Gasteiger charge is -2.23. The van der Waals surface area contributed by atoms with E-state index in [2.05, 4.69) is 17.4 Å². The Kier molecular flexibility index (Phi) is 5.24. The third kappa shape index (κ3) is 4.17. The molecule has 1 aliphatic heterocycles. The number of ether oxygens (including phenoxy) is 1. The van der Waals surface area contributed by atoms with Crippen molar-refractivity contribution in [1.82, 2.24) is 5.32 Å². The molecule has 3 nitrogen and oxygen atoms in total. The quantitative estimate of drug-likeness (QED) is 0.806. The molecule has 0 fully saturated rings. The van der Waals surface area contributed by atoms with Crippen LogP contribution in [0.15, 0.2) is 42.7 Å².